The zero-order valence-corrected chi connectivity index (χ0v) is 14.3. The average molecular weight is 366 g/mol. The fourth-order valence-corrected chi connectivity index (χ4v) is 3.60. The lowest BCUT2D eigenvalue weighted by atomic mass is 10.1. The van der Waals surface area contributed by atoms with Crippen molar-refractivity contribution in [1.29, 1.82) is 0 Å². The van der Waals surface area contributed by atoms with Gasteiger partial charge in [-0.05, 0) is 30.3 Å². The number of carbonyl (C=O) groups is 2. The fourth-order valence-electron chi connectivity index (χ4n) is 2.46. The number of hydrogen-bond acceptors (Lipinski definition) is 4. The minimum Gasteiger partial charge on any atom is -0.465 e. The molecule has 0 fully saturated rings. The topological polar surface area (TPSA) is 46.6 Å². The van der Waals surface area contributed by atoms with E-state index in [1.807, 2.05) is 0 Å². The van der Waals surface area contributed by atoms with Crippen molar-refractivity contribution in [3.63, 3.8) is 0 Å². The molecule has 0 spiro atoms. The molecule has 0 bridgehead atoms. The summed E-state index contributed by atoms with van der Waals surface area (Å²) in [4.78, 5) is 26.4. The highest BCUT2D eigenvalue weighted by Crippen LogP contribution is 2.37. The van der Waals surface area contributed by atoms with E-state index in [2.05, 4.69) is 0 Å². The Hall–Kier alpha value is -2.05. The van der Waals surface area contributed by atoms with Gasteiger partial charge in [0.05, 0.1) is 30.7 Å². The summed E-state index contributed by atoms with van der Waals surface area (Å²) in [6, 6.07) is 9.37. The van der Waals surface area contributed by atoms with Gasteiger partial charge in [0.1, 0.15) is 5.82 Å². The van der Waals surface area contributed by atoms with Gasteiger partial charge in [0.15, 0.2) is 0 Å². The van der Waals surface area contributed by atoms with Gasteiger partial charge in [-0.3, -0.25) is 4.79 Å². The molecule has 3 rings (SSSR count). The number of rotatable bonds is 3. The first kappa shape index (κ1) is 16.8. The van der Waals surface area contributed by atoms with Crippen LogP contribution in [0.1, 0.15) is 15.9 Å². The lowest BCUT2D eigenvalue weighted by molar-refractivity contribution is -0.116. The van der Waals surface area contributed by atoms with Gasteiger partial charge >= 0.3 is 5.97 Å². The maximum Gasteiger partial charge on any atom is 0.337 e. The highest BCUT2D eigenvalue weighted by atomic mass is 35.5. The van der Waals surface area contributed by atoms with Crippen LogP contribution in [-0.4, -0.2) is 24.7 Å². The summed E-state index contributed by atoms with van der Waals surface area (Å²) >= 11 is 7.45. The highest BCUT2D eigenvalue weighted by Gasteiger charge is 2.27. The smallest absolute Gasteiger partial charge is 0.337 e. The monoisotopic (exact) mass is 365 g/mol. The molecule has 0 saturated carbocycles. The molecule has 0 saturated heterocycles. The van der Waals surface area contributed by atoms with E-state index in [1.54, 1.807) is 24.3 Å². The van der Waals surface area contributed by atoms with Crippen molar-refractivity contribution in [2.45, 2.75) is 11.4 Å². The van der Waals surface area contributed by atoms with E-state index in [4.69, 9.17) is 16.3 Å². The van der Waals surface area contributed by atoms with Crippen molar-refractivity contribution in [2.24, 2.45) is 0 Å². The van der Waals surface area contributed by atoms with Gasteiger partial charge in [-0.1, -0.05) is 17.7 Å². The Morgan fingerprint density at radius 2 is 2.17 bits per heavy atom. The Morgan fingerprint density at radius 3 is 2.88 bits per heavy atom. The SMILES string of the molecule is COC(=O)c1ccc2c(c1)N(Cc1c(F)cccc1Cl)C(=O)CS2. The van der Waals surface area contributed by atoms with Gasteiger partial charge < -0.3 is 9.64 Å². The summed E-state index contributed by atoms with van der Waals surface area (Å²) in [6.07, 6.45) is 0. The summed E-state index contributed by atoms with van der Waals surface area (Å²) in [6.45, 7) is 0.00251. The number of nitrogens with zero attached hydrogens (tertiary/aromatic N) is 1. The van der Waals surface area contributed by atoms with Crippen molar-refractivity contribution in [1.82, 2.24) is 0 Å². The number of benzene rings is 2. The number of ether oxygens (including phenoxy) is 1. The van der Waals surface area contributed by atoms with Crippen LogP contribution in [0.2, 0.25) is 5.02 Å². The number of fused-ring (bicyclic) bond motifs is 1. The van der Waals surface area contributed by atoms with Crippen LogP contribution >= 0.6 is 23.4 Å². The molecule has 1 aliphatic heterocycles. The second kappa shape index (κ2) is 6.83. The Kier molecular flexibility index (Phi) is 4.78. The van der Waals surface area contributed by atoms with E-state index in [-0.39, 0.29) is 28.8 Å². The molecule has 0 atom stereocenters. The van der Waals surface area contributed by atoms with Gasteiger partial charge in [-0.15, -0.1) is 11.8 Å². The second-order valence-corrected chi connectivity index (χ2v) is 6.57. The van der Waals surface area contributed by atoms with E-state index in [0.29, 0.717) is 11.3 Å². The number of amides is 1. The zero-order chi connectivity index (χ0) is 17.3. The molecular formula is C17H13ClFNO3S. The summed E-state index contributed by atoms with van der Waals surface area (Å²) in [7, 11) is 1.29. The normalized spacial score (nSPS) is 13.6. The summed E-state index contributed by atoms with van der Waals surface area (Å²) < 4.78 is 18.8. The number of anilines is 1. The maximum absolute atomic E-state index is 14.1. The first-order chi connectivity index (χ1) is 11.5. The van der Waals surface area contributed by atoms with Gasteiger partial charge in [-0.2, -0.15) is 0 Å². The van der Waals surface area contributed by atoms with E-state index in [1.165, 1.54) is 35.9 Å². The van der Waals surface area contributed by atoms with Crippen LogP contribution in [-0.2, 0) is 16.1 Å². The molecule has 4 nitrogen and oxygen atoms in total. The number of hydrogen-bond donors (Lipinski definition) is 0. The average Bonchev–Trinajstić information content (AvgIpc) is 2.58. The summed E-state index contributed by atoms with van der Waals surface area (Å²) in [5.74, 6) is -0.894. The highest BCUT2D eigenvalue weighted by molar-refractivity contribution is 8.00. The largest absolute Gasteiger partial charge is 0.465 e. The first-order valence-corrected chi connectivity index (χ1v) is 8.46. The van der Waals surface area contributed by atoms with E-state index >= 15 is 0 Å². The molecule has 2 aromatic carbocycles. The molecule has 1 amide bonds. The van der Waals surface area contributed by atoms with Crippen LogP contribution in [0.4, 0.5) is 10.1 Å². The lowest BCUT2D eigenvalue weighted by Gasteiger charge is -2.29. The van der Waals surface area contributed by atoms with E-state index < -0.39 is 11.8 Å². The van der Waals surface area contributed by atoms with Crippen molar-refractivity contribution < 1.29 is 18.7 Å². The third-order valence-electron chi connectivity index (χ3n) is 3.70. The summed E-state index contributed by atoms with van der Waals surface area (Å²) in [5.41, 5.74) is 1.13. The maximum atomic E-state index is 14.1. The lowest BCUT2D eigenvalue weighted by Crippen LogP contribution is -2.35. The fraction of sp³-hybridized carbons (Fsp3) is 0.176. The third kappa shape index (κ3) is 3.12. The standard InChI is InChI=1S/C17H13ClFNO3S/c1-23-17(22)10-5-6-15-14(7-10)20(16(21)9-24-15)8-11-12(18)3-2-4-13(11)19/h2-7H,8-9H2,1H3. The molecule has 0 aliphatic carbocycles. The molecule has 1 aliphatic rings. The second-order valence-electron chi connectivity index (χ2n) is 5.14. The van der Waals surface area contributed by atoms with Crippen LogP contribution in [0.25, 0.3) is 0 Å². The quantitative estimate of drug-likeness (QED) is 0.774. The van der Waals surface area contributed by atoms with Crippen molar-refractivity contribution in [3.05, 3.63) is 58.4 Å². The third-order valence-corrected chi connectivity index (χ3v) is 5.10. The minimum atomic E-state index is -0.496. The Morgan fingerprint density at radius 1 is 1.38 bits per heavy atom. The molecule has 0 N–H and O–H groups in total. The Bertz CT molecular complexity index is 807. The molecule has 1 heterocycles. The molecule has 124 valence electrons. The Balaban J connectivity index is 2.03. The van der Waals surface area contributed by atoms with Crippen LogP contribution in [0.15, 0.2) is 41.3 Å². The molecule has 2 aromatic rings. The molecule has 0 radical (unpaired) electrons. The Labute approximate surface area is 147 Å². The van der Waals surface area contributed by atoms with E-state index in [0.717, 1.165) is 4.90 Å². The predicted octanol–water partition coefficient (Wildman–Crippen LogP) is 3.90. The molecule has 0 unspecified atom stereocenters. The minimum absolute atomic E-state index is 0.00251. The van der Waals surface area contributed by atoms with Crippen LogP contribution < -0.4 is 4.90 Å². The van der Waals surface area contributed by atoms with Gasteiger partial charge in [-0.25, -0.2) is 9.18 Å². The van der Waals surface area contributed by atoms with E-state index in [9.17, 15) is 14.0 Å². The van der Waals surface area contributed by atoms with Gasteiger partial charge in [0.25, 0.3) is 0 Å². The van der Waals surface area contributed by atoms with Crippen molar-refractivity contribution in [2.75, 3.05) is 17.8 Å². The predicted molar refractivity (Wildman–Crippen MR) is 91.1 cm³/mol. The number of esters is 1. The van der Waals surface area contributed by atoms with Gasteiger partial charge in [0, 0.05) is 15.5 Å². The molecule has 0 aromatic heterocycles. The van der Waals surface area contributed by atoms with Crippen molar-refractivity contribution in [3.8, 4) is 0 Å². The number of halogens is 2. The molecule has 7 heteroatoms. The van der Waals surface area contributed by atoms with Crippen LogP contribution in [0.3, 0.4) is 0 Å². The first-order valence-electron chi connectivity index (χ1n) is 7.09. The van der Waals surface area contributed by atoms with Crippen LogP contribution in [0, 0.1) is 5.82 Å². The van der Waals surface area contributed by atoms with Crippen molar-refractivity contribution >= 4 is 40.9 Å². The number of methoxy groups -OCH3 is 1. The number of thioether (sulfide) groups is 1. The van der Waals surface area contributed by atoms with Gasteiger partial charge in [0.2, 0.25) is 5.91 Å². The summed E-state index contributed by atoms with van der Waals surface area (Å²) in [5, 5.41) is 0.256. The molecule has 24 heavy (non-hydrogen) atoms. The number of carbonyl (C=O) groups excluding carboxylic acids is 2. The zero-order valence-electron chi connectivity index (χ0n) is 12.7. The molecular weight excluding hydrogens is 353 g/mol. The van der Waals surface area contributed by atoms with Crippen LogP contribution in [0.5, 0.6) is 0 Å².